The Morgan fingerprint density at radius 2 is 2.18 bits per heavy atom. The molecule has 17 heavy (non-hydrogen) atoms. The fraction of sp³-hybridized carbons (Fsp3) is 0.917. The van der Waals surface area contributed by atoms with Crippen LogP contribution in [0.15, 0.2) is 0 Å². The molecule has 1 atom stereocenters. The lowest BCUT2D eigenvalue weighted by molar-refractivity contribution is 0.0106. The molecule has 1 spiro atoms. The largest absolute Gasteiger partial charge is 0.444 e. The summed E-state index contributed by atoms with van der Waals surface area (Å²) >= 11 is 0. The molecule has 1 amide bonds. The summed E-state index contributed by atoms with van der Waals surface area (Å²) in [6.07, 6.45) is 1.87. The second-order valence-corrected chi connectivity index (χ2v) is 6.17. The molecule has 2 fully saturated rings. The molecule has 0 aromatic carbocycles. The molecule has 1 aliphatic heterocycles. The van der Waals surface area contributed by atoms with Crippen molar-refractivity contribution in [2.75, 3.05) is 19.7 Å². The molecule has 1 aliphatic carbocycles. The molecular weight excluding hydrogens is 220 g/mol. The highest BCUT2D eigenvalue weighted by Crippen LogP contribution is 2.38. The molecule has 1 saturated heterocycles. The summed E-state index contributed by atoms with van der Waals surface area (Å²) in [5.41, 5.74) is -0.421. The van der Waals surface area contributed by atoms with Crippen LogP contribution in [0, 0.1) is 0 Å². The van der Waals surface area contributed by atoms with Gasteiger partial charge in [0.2, 0.25) is 0 Å². The molecule has 98 valence electrons. The van der Waals surface area contributed by atoms with E-state index < -0.39 is 5.60 Å². The summed E-state index contributed by atoms with van der Waals surface area (Å²) < 4.78 is 5.37. The molecule has 0 radical (unpaired) electrons. The van der Waals surface area contributed by atoms with Gasteiger partial charge in [-0.25, -0.2) is 4.79 Å². The van der Waals surface area contributed by atoms with Gasteiger partial charge < -0.3 is 20.1 Å². The second kappa shape index (κ2) is 4.14. The minimum absolute atomic E-state index is 0.0289. The number of ether oxygens (including phenoxy) is 1. The predicted octanol–water partition coefficient (Wildman–Crippen LogP) is 0.720. The van der Waals surface area contributed by atoms with E-state index in [-0.39, 0.29) is 24.3 Å². The van der Waals surface area contributed by atoms with E-state index >= 15 is 0 Å². The summed E-state index contributed by atoms with van der Waals surface area (Å²) in [5.74, 6) is 0. The lowest BCUT2D eigenvalue weighted by atomic mass is 10.1. The minimum atomic E-state index is -0.465. The maximum absolute atomic E-state index is 12.0. The monoisotopic (exact) mass is 242 g/mol. The van der Waals surface area contributed by atoms with E-state index in [4.69, 9.17) is 4.74 Å². The standard InChI is InChI=1S/C12H22N2O3/c1-11(2,3)17-10(16)14-6-9(7-15)13-12(8-14)4-5-12/h9,13,15H,4-8H2,1-3H3. The van der Waals surface area contributed by atoms with Crippen molar-refractivity contribution in [1.82, 2.24) is 10.2 Å². The van der Waals surface area contributed by atoms with E-state index in [2.05, 4.69) is 5.32 Å². The zero-order valence-corrected chi connectivity index (χ0v) is 10.8. The maximum Gasteiger partial charge on any atom is 0.410 e. The Labute approximate surface area is 102 Å². The molecule has 0 bridgehead atoms. The van der Waals surface area contributed by atoms with Crippen LogP contribution in [0.2, 0.25) is 0 Å². The summed E-state index contributed by atoms with van der Waals surface area (Å²) in [7, 11) is 0. The zero-order valence-electron chi connectivity index (χ0n) is 10.8. The number of carbonyl (C=O) groups is 1. The second-order valence-electron chi connectivity index (χ2n) is 6.17. The molecule has 0 aromatic rings. The van der Waals surface area contributed by atoms with Crippen LogP contribution in [0.25, 0.3) is 0 Å². The summed E-state index contributed by atoms with van der Waals surface area (Å²) in [5, 5.41) is 12.6. The molecule has 0 aromatic heterocycles. The van der Waals surface area contributed by atoms with E-state index in [0.29, 0.717) is 13.1 Å². The first kappa shape index (κ1) is 12.6. The number of rotatable bonds is 1. The lowest BCUT2D eigenvalue weighted by Crippen LogP contribution is -2.61. The average molecular weight is 242 g/mol. The minimum Gasteiger partial charge on any atom is -0.444 e. The van der Waals surface area contributed by atoms with Gasteiger partial charge in [-0.3, -0.25) is 0 Å². The first-order chi connectivity index (χ1) is 7.84. The number of hydrogen-bond donors (Lipinski definition) is 2. The van der Waals surface area contributed by atoms with Crippen molar-refractivity contribution in [1.29, 1.82) is 0 Å². The number of aliphatic hydroxyl groups excluding tert-OH is 1. The number of aliphatic hydroxyl groups is 1. The third kappa shape index (κ3) is 3.10. The number of amides is 1. The first-order valence-electron chi connectivity index (χ1n) is 6.20. The SMILES string of the molecule is CC(C)(C)OC(=O)N1CC(CO)NC2(CC2)C1. The summed E-state index contributed by atoms with van der Waals surface area (Å²) in [6, 6.07) is -0.0289. The normalized spacial score (nSPS) is 27.1. The van der Waals surface area contributed by atoms with Gasteiger partial charge in [0.15, 0.2) is 0 Å². The number of piperazine rings is 1. The highest BCUT2D eigenvalue weighted by Gasteiger charge is 2.49. The third-order valence-corrected chi connectivity index (χ3v) is 3.17. The zero-order chi connectivity index (χ0) is 12.7. The van der Waals surface area contributed by atoms with Gasteiger partial charge in [-0.05, 0) is 33.6 Å². The van der Waals surface area contributed by atoms with Crippen molar-refractivity contribution in [2.24, 2.45) is 0 Å². The highest BCUT2D eigenvalue weighted by atomic mass is 16.6. The number of nitrogens with one attached hydrogen (secondary N) is 1. The third-order valence-electron chi connectivity index (χ3n) is 3.17. The van der Waals surface area contributed by atoms with Crippen molar-refractivity contribution in [3.63, 3.8) is 0 Å². The predicted molar refractivity (Wildman–Crippen MR) is 63.8 cm³/mol. The lowest BCUT2D eigenvalue weighted by Gasteiger charge is -2.39. The molecule has 1 unspecified atom stereocenters. The van der Waals surface area contributed by atoms with Crippen LogP contribution in [0.5, 0.6) is 0 Å². The van der Waals surface area contributed by atoms with Crippen molar-refractivity contribution in [3.05, 3.63) is 0 Å². The van der Waals surface area contributed by atoms with Crippen molar-refractivity contribution in [2.45, 2.75) is 50.8 Å². The van der Waals surface area contributed by atoms with Crippen LogP contribution >= 0.6 is 0 Å². The van der Waals surface area contributed by atoms with E-state index in [1.54, 1.807) is 4.90 Å². The van der Waals surface area contributed by atoms with Crippen molar-refractivity contribution < 1.29 is 14.6 Å². The van der Waals surface area contributed by atoms with Gasteiger partial charge in [0.25, 0.3) is 0 Å². The Morgan fingerprint density at radius 1 is 1.53 bits per heavy atom. The summed E-state index contributed by atoms with van der Waals surface area (Å²) in [4.78, 5) is 13.7. The maximum atomic E-state index is 12.0. The molecular formula is C12H22N2O3. The Hall–Kier alpha value is -0.810. The van der Waals surface area contributed by atoms with E-state index in [1.165, 1.54) is 0 Å². The van der Waals surface area contributed by atoms with Gasteiger partial charge in [0.1, 0.15) is 5.60 Å². The molecule has 5 nitrogen and oxygen atoms in total. The number of carbonyl (C=O) groups excluding carboxylic acids is 1. The average Bonchev–Trinajstić information content (AvgIpc) is 2.94. The van der Waals surface area contributed by atoms with Crippen molar-refractivity contribution >= 4 is 6.09 Å². The Morgan fingerprint density at radius 3 is 2.65 bits per heavy atom. The van der Waals surface area contributed by atoms with E-state index in [0.717, 1.165) is 12.8 Å². The number of hydrogen-bond acceptors (Lipinski definition) is 4. The van der Waals surface area contributed by atoms with Crippen molar-refractivity contribution in [3.8, 4) is 0 Å². The van der Waals surface area contributed by atoms with Gasteiger partial charge in [0, 0.05) is 24.7 Å². The molecule has 2 rings (SSSR count). The van der Waals surface area contributed by atoms with Gasteiger partial charge >= 0.3 is 6.09 Å². The van der Waals surface area contributed by atoms with Gasteiger partial charge in [-0.15, -0.1) is 0 Å². The van der Waals surface area contributed by atoms with E-state index in [1.807, 2.05) is 20.8 Å². The first-order valence-corrected chi connectivity index (χ1v) is 6.20. The van der Waals surface area contributed by atoms with E-state index in [9.17, 15) is 9.90 Å². The molecule has 2 aliphatic rings. The fourth-order valence-electron chi connectivity index (χ4n) is 2.24. The quantitative estimate of drug-likeness (QED) is 0.711. The Kier molecular flexibility index (Phi) is 3.08. The van der Waals surface area contributed by atoms with Crippen LogP contribution < -0.4 is 5.32 Å². The van der Waals surface area contributed by atoms with Gasteiger partial charge in [-0.1, -0.05) is 0 Å². The molecule has 5 heteroatoms. The molecule has 1 heterocycles. The van der Waals surface area contributed by atoms with Crippen LogP contribution in [-0.4, -0.2) is 53.0 Å². The topological polar surface area (TPSA) is 61.8 Å². The highest BCUT2D eigenvalue weighted by molar-refractivity contribution is 5.68. The van der Waals surface area contributed by atoms with Crippen LogP contribution in [0.3, 0.4) is 0 Å². The molecule has 1 saturated carbocycles. The van der Waals surface area contributed by atoms with Gasteiger partial charge in [-0.2, -0.15) is 0 Å². The Bertz CT molecular complexity index is 307. The fourth-order valence-corrected chi connectivity index (χ4v) is 2.24. The summed E-state index contributed by atoms with van der Waals surface area (Å²) in [6.45, 7) is 6.86. The van der Waals surface area contributed by atoms with Crippen LogP contribution in [0.4, 0.5) is 4.79 Å². The van der Waals surface area contributed by atoms with Crippen LogP contribution in [-0.2, 0) is 4.74 Å². The smallest absolute Gasteiger partial charge is 0.410 e. The number of nitrogens with zero attached hydrogens (tertiary/aromatic N) is 1. The molecule has 2 N–H and O–H groups in total. The van der Waals surface area contributed by atoms with Crippen LogP contribution in [0.1, 0.15) is 33.6 Å². The van der Waals surface area contributed by atoms with Gasteiger partial charge in [0.05, 0.1) is 6.61 Å². The Balaban J connectivity index is 1.98.